The second kappa shape index (κ2) is 3.60. The van der Waals surface area contributed by atoms with Crippen LogP contribution in [0.4, 0.5) is 10.1 Å². The standard InChI is InChI=1S/C12H13ClFNO/c13-9-2-1-8-6-12(15-10(8)5-9)3-4-16-7-11(12)14/h1-2,5,11,15H,3-4,6-7H2. The van der Waals surface area contributed by atoms with Crippen molar-refractivity contribution >= 4 is 17.3 Å². The van der Waals surface area contributed by atoms with E-state index >= 15 is 0 Å². The van der Waals surface area contributed by atoms with Gasteiger partial charge < -0.3 is 10.1 Å². The number of fused-ring (bicyclic) bond motifs is 1. The summed E-state index contributed by atoms with van der Waals surface area (Å²) < 4.78 is 19.1. The summed E-state index contributed by atoms with van der Waals surface area (Å²) in [6.07, 6.45) is 0.484. The molecule has 0 radical (unpaired) electrons. The van der Waals surface area contributed by atoms with Crippen molar-refractivity contribution < 1.29 is 9.13 Å². The van der Waals surface area contributed by atoms with Crippen molar-refractivity contribution in [3.63, 3.8) is 0 Å². The third kappa shape index (κ3) is 1.50. The smallest absolute Gasteiger partial charge is 0.147 e. The van der Waals surface area contributed by atoms with Gasteiger partial charge in [-0.15, -0.1) is 0 Å². The van der Waals surface area contributed by atoms with Crippen LogP contribution in [0.25, 0.3) is 0 Å². The molecule has 0 aliphatic carbocycles. The molecule has 2 heterocycles. The van der Waals surface area contributed by atoms with Gasteiger partial charge >= 0.3 is 0 Å². The van der Waals surface area contributed by atoms with Gasteiger partial charge in [-0.2, -0.15) is 0 Å². The number of hydrogen-bond donors (Lipinski definition) is 1. The molecule has 0 aromatic heterocycles. The minimum absolute atomic E-state index is 0.189. The van der Waals surface area contributed by atoms with E-state index in [4.69, 9.17) is 16.3 Å². The summed E-state index contributed by atoms with van der Waals surface area (Å²) in [6.45, 7) is 0.809. The summed E-state index contributed by atoms with van der Waals surface area (Å²) in [7, 11) is 0. The van der Waals surface area contributed by atoms with Crippen molar-refractivity contribution in [2.24, 2.45) is 0 Å². The molecule has 0 amide bonds. The molecule has 86 valence electrons. The van der Waals surface area contributed by atoms with E-state index in [1.165, 1.54) is 0 Å². The van der Waals surface area contributed by atoms with Crippen LogP contribution in [0.2, 0.25) is 5.02 Å². The van der Waals surface area contributed by atoms with E-state index in [0.29, 0.717) is 18.1 Å². The maximum absolute atomic E-state index is 14.0. The van der Waals surface area contributed by atoms with Crippen molar-refractivity contribution in [2.45, 2.75) is 24.6 Å². The number of alkyl halides is 1. The van der Waals surface area contributed by atoms with Gasteiger partial charge in [0.05, 0.1) is 12.1 Å². The molecule has 2 nitrogen and oxygen atoms in total. The average Bonchev–Trinajstić information content (AvgIpc) is 2.61. The van der Waals surface area contributed by atoms with Crippen LogP contribution in [-0.2, 0) is 11.2 Å². The van der Waals surface area contributed by atoms with Crippen LogP contribution < -0.4 is 5.32 Å². The van der Waals surface area contributed by atoms with E-state index in [1.807, 2.05) is 18.2 Å². The zero-order valence-corrected chi connectivity index (χ0v) is 9.56. The zero-order chi connectivity index (χ0) is 11.2. The first-order chi connectivity index (χ1) is 7.70. The lowest BCUT2D eigenvalue weighted by molar-refractivity contribution is -0.00544. The van der Waals surface area contributed by atoms with E-state index in [-0.39, 0.29) is 6.61 Å². The molecule has 1 aromatic rings. The summed E-state index contributed by atoms with van der Waals surface area (Å²) >= 11 is 5.93. The van der Waals surface area contributed by atoms with Gasteiger partial charge in [-0.25, -0.2) is 4.39 Å². The van der Waals surface area contributed by atoms with Gasteiger partial charge in [0.25, 0.3) is 0 Å². The lowest BCUT2D eigenvalue weighted by atomic mass is 9.86. The molecule has 2 aliphatic rings. The number of hydrogen-bond acceptors (Lipinski definition) is 2. The summed E-state index contributed by atoms with van der Waals surface area (Å²) in [4.78, 5) is 0. The Morgan fingerprint density at radius 1 is 1.50 bits per heavy atom. The molecule has 1 N–H and O–H groups in total. The number of ether oxygens (including phenoxy) is 1. The number of halogens is 2. The topological polar surface area (TPSA) is 21.3 Å². The summed E-state index contributed by atoms with van der Waals surface area (Å²) in [5.74, 6) is 0. The largest absolute Gasteiger partial charge is 0.378 e. The first kappa shape index (κ1) is 10.4. The number of nitrogens with one attached hydrogen (secondary N) is 1. The molecule has 2 atom stereocenters. The number of benzene rings is 1. The fourth-order valence-corrected chi connectivity index (χ4v) is 2.74. The molecular weight excluding hydrogens is 229 g/mol. The zero-order valence-electron chi connectivity index (χ0n) is 8.80. The third-order valence-electron chi connectivity index (χ3n) is 3.52. The molecule has 0 saturated carbocycles. The fraction of sp³-hybridized carbons (Fsp3) is 0.500. The molecule has 3 rings (SSSR count). The molecule has 1 aromatic carbocycles. The van der Waals surface area contributed by atoms with E-state index in [0.717, 1.165) is 17.7 Å². The van der Waals surface area contributed by atoms with Gasteiger partial charge in [0.15, 0.2) is 0 Å². The highest BCUT2D eigenvalue weighted by atomic mass is 35.5. The maximum Gasteiger partial charge on any atom is 0.147 e. The van der Waals surface area contributed by atoms with Crippen molar-refractivity contribution in [3.05, 3.63) is 28.8 Å². The van der Waals surface area contributed by atoms with E-state index in [1.54, 1.807) is 0 Å². The fourth-order valence-electron chi connectivity index (χ4n) is 2.57. The highest BCUT2D eigenvalue weighted by molar-refractivity contribution is 6.30. The van der Waals surface area contributed by atoms with Crippen LogP contribution >= 0.6 is 11.6 Å². The van der Waals surface area contributed by atoms with Gasteiger partial charge in [-0.3, -0.25) is 0 Å². The lowest BCUT2D eigenvalue weighted by Gasteiger charge is -2.37. The van der Waals surface area contributed by atoms with Gasteiger partial charge in [0.2, 0.25) is 0 Å². The maximum atomic E-state index is 14.0. The van der Waals surface area contributed by atoms with Gasteiger partial charge in [0.1, 0.15) is 6.17 Å². The van der Waals surface area contributed by atoms with Crippen LogP contribution in [0.15, 0.2) is 18.2 Å². The summed E-state index contributed by atoms with van der Waals surface area (Å²) in [5.41, 5.74) is 1.65. The molecular formula is C12H13ClFNO. The van der Waals surface area contributed by atoms with E-state index < -0.39 is 11.7 Å². The Labute approximate surface area is 98.7 Å². The molecule has 1 saturated heterocycles. The Kier molecular flexibility index (Phi) is 2.33. The molecule has 16 heavy (non-hydrogen) atoms. The second-order valence-electron chi connectivity index (χ2n) is 4.55. The minimum atomic E-state index is -0.951. The Balaban J connectivity index is 1.93. The van der Waals surface area contributed by atoms with Crippen LogP contribution in [0.1, 0.15) is 12.0 Å². The number of rotatable bonds is 0. The quantitative estimate of drug-likeness (QED) is 0.754. The first-order valence-corrected chi connectivity index (χ1v) is 5.86. The highest BCUT2D eigenvalue weighted by Gasteiger charge is 2.46. The minimum Gasteiger partial charge on any atom is -0.378 e. The average molecular weight is 242 g/mol. The van der Waals surface area contributed by atoms with E-state index in [9.17, 15) is 4.39 Å². The number of anilines is 1. The molecule has 1 spiro atoms. The predicted molar refractivity (Wildman–Crippen MR) is 61.8 cm³/mol. The molecule has 1 fully saturated rings. The van der Waals surface area contributed by atoms with Crippen LogP contribution in [0, 0.1) is 0 Å². The Morgan fingerprint density at radius 3 is 3.19 bits per heavy atom. The van der Waals surface area contributed by atoms with Crippen LogP contribution in [0.5, 0.6) is 0 Å². The Hall–Kier alpha value is -0.800. The molecule has 4 heteroatoms. The molecule has 2 aliphatic heterocycles. The van der Waals surface area contributed by atoms with Crippen molar-refractivity contribution in [1.82, 2.24) is 0 Å². The highest BCUT2D eigenvalue weighted by Crippen LogP contribution is 2.40. The second-order valence-corrected chi connectivity index (χ2v) is 4.99. The first-order valence-electron chi connectivity index (χ1n) is 5.48. The predicted octanol–water partition coefficient (Wildman–Crippen LogP) is 2.81. The van der Waals surface area contributed by atoms with Gasteiger partial charge in [0, 0.05) is 23.7 Å². The Bertz CT molecular complexity index is 425. The van der Waals surface area contributed by atoms with Gasteiger partial charge in [-0.1, -0.05) is 17.7 Å². The lowest BCUT2D eigenvalue weighted by Crippen LogP contribution is -2.52. The Morgan fingerprint density at radius 2 is 2.38 bits per heavy atom. The van der Waals surface area contributed by atoms with Crippen molar-refractivity contribution in [2.75, 3.05) is 18.5 Å². The summed E-state index contributed by atoms with van der Waals surface area (Å²) in [6, 6.07) is 5.70. The van der Waals surface area contributed by atoms with Gasteiger partial charge in [-0.05, 0) is 24.1 Å². The monoisotopic (exact) mass is 241 g/mol. The van der Waals surface area contributed by atoms with Crippen molar-refractivity contribution in [3.8, 4) is 0 Å². The SMILES string of the molecule is FC1COCCC12Cc1ccc(Cl)cc1N2. The van der Waals surface area contributed by atoms with Crippen LogP contribution in [0.3, 0.4) is 0 Å². The summed E-state index contributed by atoms with van der Waals surface area (Å²) in [5, 5.41) is 3.99. The van der Waals surface area contributed by atoms with E-state index in [2.05, 4.69) is 5.32 Å². The third-order valence-corrected chi connectivity index (χ3v) is 3.75. The van der Waals surface area contributed by atoms with Crippen molar-refractivity contribution in [1.29, 1.82) is 0 Å². The molecule has 0 bridgehead atoms. The molecule has 2 unspecified atom stereocenters. The normalized spacial score (nSPS) is 32.5. The van der Waals surface area contributed by atoms with Crippen LogP contribution in [-0.4, -0.2) is 24.9 Å².